The molecule has 0 radical (unpaired) electrons. The second kappa shape index (κ2) is 9.14. The van der Waals surface area contributed by atoms with E-state index in [1.807, 2.05) is 0 Å². The van der Waals surface area contributed by atoms with Crippen molar-refractivity contribution in [2.75, 3.05) is 23.1 Å². The highest BCUT2D eigenvalue weighted by molar-refractivity contribution is 6.10. The molecule has 2 aromatic carbocycles. The first kappa shape index (κ1) is 19.6. The molecule has 27 heavy (non-hydrogen) atoms. The van der Waals surface area contributed by atoms with Crippen molar-refractivity contribution < 1.29 is 23.9 Å². The lowest BCUT2D eigenvalue weighted by Crippen LogP contribution is -2.22. The van der Waals surface area contributed by atoms with Crippen LogP contribution in [0.2, 0.25) is 0 Å². The predicted octanol–water partition coefficient (Wildman–Crippen LogP) is 2.40. The van der Waals surface area contributed by atoms with E-state index in [1.165, 1.54) is 20.1 Å². The molecule has 0 aromatic heterocycles. The van der Waals surface area contributed by atoms with Crippen molar-refractivity contribution in [3.63, 3.8) is 0 Å². The zero-order valence-corrected chi connectivity index (χ0v) is 14.9. The summed E-state index contributed by atoms with van der Waals surface area (Å²) in [5, 5.41) is 7.70. The van der Waals surface area contributed by atoms with E-state index in [4.69, 9.17) is 0 Å². The van der Waals surface area contributed by atoms with Gasteiger partial charge in [-0.2, -0.15) is 0 Å². The van der Waals surface area contributed by atoms with Gasteiger partial charge in [-0.25, -0.2) is 4.79 Å². The van der Waals surface area contributed by atoms with E-state index in [9.17, 15) is 19.2 Å². The Kier molecular flexibility index (Phi) is 6.65. The summed E-state index contributed by atoms with van der Waals surface area (Å²) in [6, 6.07) is 12.9. The molecule has 0 aliphatic rings. The van der Waals surface area contributed by atoms with Crippen LogP contribution in [0, 0.1) is 0 Å². The van der Waals surface area contributed by atoms with E-state index in [2.05, 4.69) is 20.7 Å². The maximum atomic E-state index is 12.1. The third-order valence-electron chi connectivity index (χ3n) is 3.39. The maximum absolute atomic E-state index is 12.1. The van der Waals surface area contributed by atoms with Gasteiger partial charge >= 0.3 is 5.97 Å². The molecule has 0 bridgehead atoms. The number of hydrogen-bond donors (Lipinski definition) is 3. The zero-order chi connectivity index (χ0) is 19.8. The summed E-state index contributed by atoms with van der Waals surface area (Å²) >= 11 is 0. The van der Waals surface area contributed by atoms with Gasteiger partial charge in [0.05, 0.1) is 18.4 Å². The van der Waals surface area contributed by atoms with Crippen molar-refractivity contribution in [3.8, 4) is 0 Å². The van der Waals surface area contributed by atoms with E-state index in [-0.39, 0.29) is 17.2 Å². The third-order valence-corrected chi connectivity index (χ3v) is 3.39. The Hall–Kier alpha value is -3.68. The fraction of sp³-hybridized carbons (Fsp3) is 0.158. The Morgan fingerprint density at radius 1 is 0.852 bits per heavy atom. The Labute approximate surface area is 155 Å². The Bertz CT molecular complexity index is 879. The minimum absolute atomic E-state index is 0.191. The molecular weight excluding hydrogens is 350 g/mol. The molecule has 3 amide bonds. The van der Waals surface area contributed by atoms with Crippen molar-refractivity contribution in [1.82, 2.24) is 0 Å². The summed E-state index contributed by atoms with van der Waals surface area (Å²) in [5.41, 5.74) is 1.41. The van der Waals surface area contributed by atoms with Gasteiger partial charge in [0.25, 0.3) is 0 Å². The minimum atomic E-state index is -0.592. The van der Waals surface area contributed by atoms with E-state index < -0.39 is 24.2 Å². The van der Waals surface area contributed by atoms with Crippen LogP contribution in [0.5, 0.6) is 0 Å². The molecule has 2 aromatic rings. The van der Waals surface area contributed by atoms with E-state index >= 15 is 0 Å². The molecule has 0 spiro atoms. The number of para-hydroxylation sites is 1. The van der Waals surface area contributed by atoms with Crippen LogP contribution in [0.4, 0.5) is 17.1 Å². The quantitative estimate of drug-likeness (QED) is 0.534. The molecule has 0 atom stereocenters. The van der Waals surface area contributed by atoms with Crippen molar-refractivity contribution in [2.24, 2.45) is 0 Å². The Morgan fingerprint density at radius 2 is 1.48 bits per heavy atom. The number of amides is 3. The van der Waals surface area contributed by atoms with Crippen LogP contribution in [-0.2, 0) is 19.1 Å². The van der Waals surface area contributed by atoms with Crippen LogP contribution in [-0.4, -0.2) is 30.8 Å². The fourth-order valence-corrected chi connectivity index (χ4v) is 2.30. The SMILES string of the molecule is COC(=O)c1ccccc1NC(=O)CC(=O)Nc1cccc(NC(C)=O)c1. The highest BCUT2D eigenvalue weighted by atomic mass is 16.5. The molecule has 8 nitrogen and oxygen atoms in total. The lowest BCUT2D eigenvalue weighted by molar-refractivity contribution is -0.123. The molecule has 0 saturated carbocycles. The maximum Gasteiger partial charge on any atom is 0.339 e. The van der Waals surface area contributed by atoms with Gasteiger partial charge in [-0.15, -0.1) is 0 Å². The van der Waals surface area contributed by atoms with Crippen LogP contribution in [0.25, 0.3) is 0 Å². The number of carbonyl (C=O) groups excluding carboxylic acids is 4. The molecule has 0 aliphatic carbocycles. The minimum Gasteiger partial charge on any atom is -0.465 e. The molecule has 0 fully saturated rings. The summed E-state index contributed by atoms with van der Waals surface area (Å²) in [7, 11) is 1.24. The molecule has 0 aliphatic heterocycles. The van der Waals surface area contributed by atoms with Crippen molar-refractivity contribution in [1.29, 1.82) is 0 Å². The molecule has 0 saturated heterocycles. The van der Waals surface area contributed by atoms with E-state index in [1.54, 1.807) is 42.5 Å². The normalized spacial score (nSPS) is 9.85. The van der Waals surface area contributed by atoms with Gasteiger partial charge < -0.3 is 20.7 Å². The Balaban J connectivity index is 1.98. The largest absolute Gasteiger partial charge is 0.465 e. The molecular formula is C19H19N3O5. The number of ether oxygens (including phenoxy) is 1. The molecule has 0 heterocycles. The van der Waals surface area contributed by atoms with Crippen molar-refractivity contribution >= 4 is 40.8 Å². The van der Waals surface area contributed by atoms with Gasteiger partial charge in [0.15, 0.2) is 0 Å². The van der Waals surface area contributed by atoms with Crippen LogP contribution in [0.3, 0.4) is 0 Å². The lowest BCUT2D eigenvalue weighted by Gasteiger charge is -2.10. The van der Waals surface area contributed by atoms with Gasteiger partial charge in [0.2, 0.25) is 17.7 Å². The molecule has 140 valence electrons. The number of carbonyl (C=O) groups is 4. The third kappa shape index (κ3) is 5.96. The van der Waals surface area contributed by atoms with Gasteiger partial charge in [-0.05, 0) is 30.3 Å². The first-order chi connectivity index (χ1) is 12.9. The summed E-state index contributed by atoms with van der Waals surface area (Å²) in [6.07, 6.45) is -0.445. The van der Waals surface area contributed by atoms with Crippen molar-refractivity contribution in [2.45, 2.75) is 13.3 Å². The highest BCUT2D eigenvalue weighted by Gasteiger charge is 2.15. The molecule has 0 unspecified atom stereocenters. The second-order valence-corrected chi connectivity index (χ2v) is 5.57. The Morgan fingerprint density at radius 3 is 2.15 bits per heavy atom. The lowest BCUT2D eigenvalue weighted by atomic mass is 10.1. The number of methoxy groups -OCH3 is 1. The zero-order valence-electron chi connectivity index (χ0n) is 14.9. The number of nitrogens with one attached hydrogen (secondary N) is 3. The van der Waals surface area contributed by atoms with E-state index in [0.29, 0.717) is 11.4 Å². The number of hydrogen-bond acceptors (Lipinski definition) is 5. The van der Waals surface area contributed by atoms with Gasteiger partial charge in [-0.3, -0.25) is 14.4 Å². The number of anilines is 3. The summed E-state index contributed by atoms with van der Waals surface area (Å²) in [5.74, 6) is -1.95. The van der Waals surface area contributed by atoms with Crippen LogP contribution in [0.15, 0.2) is 48.5 Å². The van der Waals surface area contributed by atoms with E-state index in [0.717, 1.165) is 0 Å². The summed E-state index contributed by atoms with van der Waals surface area (Å²) in [6.45, 7) is 1.38. The molecule has 3 N–H and O–H groups in total. The number of esters is 1. The van der Waals surface area contributed by atoms with Crippen LogP contribution in [0.1, 0.15) is 23.7 Å². The second-order valence-electron chi connectivity index (χ2n) is 5.57. The standard InChI is InChI=1S/C19H19N3O5/c1-12(23)20-13-6-5-7-14(10-13)21-17(24)11-18(25)22-16-9-4-3-8-15(16)19(26)27-2/h3-10H,11H2,1-2H3,(H,20,23)(H,21,24)(H,22,25). The predicted molar refractivity (Wildman–Crippen MR) is 100 cm³/mol. The number of rotatable bonds is 6. The van der Waals surface area contributed by atoms with Gasteiger partial charge in [-0.1, -0.05) is 18.2 Å². The summed E-state index contributed by atoms with van der Waals surface area (Å²) < 4.78 is 4.66. The molecule has 8 heteroatoms. The first-order valence-corrected chi connectivity index (χ1v) is 8.03. The number of benzene rings is 2. The van der Waals surface area contributed by atoms with Crippen molar-refractivity contribution in [3.05, 3.63) is 54.1 Å². The van der Waals surface area contributed by atoms with Crippen LogP contribution >= 0.6 is 0 Å². The first-order valence-electron chi connectivity index (χ1n) is 8.03. The van der Waals surface area contributed by atoms with Crippen LogP contribution < -0.4 is 16.0 Å². The summed E-state index contributed by atoms with van der Waals surface area (Å²) in [4.78, 5) is 47.0. The smallest absolute Gasteiger partial charge is 0.339 e. The van der Waals surface area contributed by atoms with Gasteiger partial charge in [0, 0.05) is 18.3 Å². The average molecular weight is 369 g/mol. The monoisotopic (exact) mass is 369 g/mol. The fourth-order valence-electron chi connectivity index (χ4n) is 2.30. The highest BCUT2D eigenvalue weighted by Crippen LogP contribution is 2.17. The topological polar surface area (TPSA) is 114 Å². The average Bonchev–Trinajstić information content (AvgIpc) is 2.61. The molecule has 2 rings (SSSR count). The van der Waals surface area contributed by atoms with Gasteiger partial charge in [0.1, 0.15) is 6.42 Å².